The van der Waals surface area contributed by atoms with Crippen molar-refractivity contribution < 1.29 is 14.6 Å². The molecule has 82 valence electrons. The largest absolute Gasteiger partial charge is 0.465 e. The van der Waals surface area contributed by atoms with Gasteiger partial charge in [-0.05, 0) is 18.8 Å². The Bertz CT molecular complexity index is 192. The maximum Gasteiger partial charge on any atom is 0.407 e. The number of rotatable bonds is 4. The number of carbonyl (C=O) groups is 1. The Kier molecular flexibility index (Phi) is 4.16. The second-order valence-corrected chi connectivity index (χ2v) is 3.89. The van der Waals surface area contributed by atoms with Crippen LogP contribution in [0.25, 0.3) is 0 Å². The van der Waals surface area contributed by atoms with Crippen molar-refractivity contribution in [3.05, 3.63) is 0 Å². The van der Waals surface area contributed by atoms with Crippen molar-refractivity contribution in [2.75, 3.05) is 26.8 Å². The van der Waals surface area contributed by atoms with Gasteiger partial charge in [-0.1, -0.05) is 0 Å². The molecule has 2 unspecified atom stereocenters. The quantitative estimate of drug-likeness (QED) is 0.689. The molecule has 1 aliphatic rings. The Balaban J connectivity index is 2.20. The standard InChI is InChI=1S/C9H18N2O3/c1-11(9(12)13)5-8(10)4-7-2-3-14-6-7/h7-8H,2-6,10H2,1H3,(H,12,13). The summed E-state index contributed by atoms with van der Waals surface area (Å²) in [5, 5.41) is 8.64. The molecule has 1 heterocycles. The van der Waals surface area contributed by atoms with Gasteiger partial charge >= 0.3 is 6.09 Å². The fraction of sp³-hybridized carbons (Fsp3) is 0.889. The molecule has 0 bridgehead atoms. The Labute approximate surface area is 83.8 Å². The van der Waals surface area contributed by atoms with E-state index in [-0.39, 0.29) is 6.04 Å². The fourth-order valence-corrected chi connectivity index (χ4v) is 1.70. The van der Waals surface area contributed by atoms with Gasteiger partial charge in [0, 0.05) is 32.8 Å². The zero-order valence-corrected chi connectivity index (χ0v) is 8.48. The van der Waals surface area contributed by atoms with Crippen LogP contribution in [-0.4, -0.2) is 48.9 Å². The number of amides is 1. The first-order valence-electron chi connectivity index (χ1n) is 4.87. The summed E-state index contributed by atoms with van der Waals surface area (Å²) >= 11 is 0. The molecule has 0 aromatic carbocycles. The van der Waals surface area contributed by atoms with Gasteiger partial charge in [0.1, 0.15) is 0 Å². The third kappa shape index (κ3) is 3.51. The summed E-state index contributed by atoms with van der Waals surface area (Å²) in [5.74, 6) is 0.507. The highest BCUT2D eigenvalue weighted by Crippen LogP contribution is 2.17. The molecule has 1 aliphatic heterocycles. The Morgan fingerprint density at radius 2 is 2.50 bits per heavy atom. The number of likely N-dealkylation sites (N-methyl/N-ethyl adjacent to an activating group) is 1. The average Bonchev–Trinajstić information content (AvgIpc) is 2.56. The van der Waals surface area contributed by atoms with E-state index in [4.69, 9.17) is 15.6 Å². The van der Waals surface area contributed by atoms with Crippen LogP contribution < -0.4 is 5.73 Å². The Hall–Kier alpha value is -0.810. The van der Waals surface area contributed by atoms with Crippen LogP contribution in [0.3, 0.4) is 0 Å². The summed E-state index contributed by atoms with van der Waals surface area (Å²) in [6.07, 6.45) is 0.963. The third-order valence-corrected chi connectivity index (χ3v) is 2.49. The lowest BCUT2D eigenvalue weighted by molar-refractivity contribution is 0.150. The lowest BCUT2D eigenvalue weighted by Crippen LogP contribution is -2.39. The van der Waals surface area contributed by atoms with E-state index in [0.29, 0.717) is 12.5 Å². The minimum absolute atomic E-state index is 0.0807. The van der Waals surface area contributed by atoms with E-state index in [1.54, 1.807) is 0 Å². The van der Waals surface area contributed by atoms with Crippen molar-refractivity contribution in [1.82, 2.24) is 4.90 Å². The van der Waals surface area contributed by atoms with Gasteiger partial charge in [0.15, 0.2) is 0 Å². The molecule has 0 aliphatic carbocycles. The maximum atomic E-state index is 10.5. The van der Waals surface area contributed by atoms with Crippen LogP contribution in [0.15, 0.2) is 0 Å². The van der Waals surface area contributed by atoms with Crippen LogP contribution in [0.5, 0.6) is 0 Å². The second kappa shape index (κ2) is 5.17. The molecule has 0 saturated carbocycles. The second-order valence-electron chi connectivity index (χ2n) is 3.89. The average molecular weight is 202 g/mol. The van der Waals surface area contributed by atoms with Crippen molar-refractivity contribution in [2.24, 2.45) is 11.7 Å². The highest BCUT2D eigenvalue weighted by molar-refractivity contribution is 5.64. The van der Waals surface area contributed by atoms with Crippen molar-refractivity contribution in [1.29, 1.82) is 0 Å². The lowest BCUT2D eigenvalue weighted by atomic mass is 9.99. The molecule has 14 heavy (non-hydrogen) atoms. The topological polar surface area (TPSA) is 75.8 Å². The van der Waals surface area contributed by atoms with Crippen LogP contribution in [0, 0.1) is 5.92 Å². The van der Waals surface area contributed by atoms with Crippen LogP contribution in [0.1, 0.15) is 12.8 Å². The Morgan fingerprint density at radius 1 is 1.79 bits per heavy atom. The molecule has 5 nitrogen and oxygen atoms in total. The SMILES string of the molecule is CN(CC(N)CC1CCOC1)C(=O)O. The Morgan fingerprint density at radius 3 is 3.00 bits per heavy atom. The van der Waals surface area contributed by atoms with Crippen molar-refractivity contribution in [3.8, 4) is 0 Å². The van der Waals surface area contributed by atoms with Gasteiger partial charge in [0.25, 0.3) is 0 Å². The molecule has 0 radical (unpaired) electrons. The molecule has 5 heteroatoms. The van der Waals surface area contributed by atoms with Gasteiger partial charge in [-0.15, -0.1) is 0 Å². The first-order chi connectivity index (χ1) is 6.59. The van der Waals surface area contributed by atoms with Crippen LogP contribution in [0.4, 0.5) is 4.79 Å². The number of hydrogen-bond donors (Lipinski definition) is 2. The number of carboxylic acid groups (broad SMARTS) is 1. The van der Waals surface area contributed by atoms with E-state index in [1.165, 1.54) is 11.9 Å². The molecular weight excluding hydrogens is 184 g/mol. The first kappa shape index (κ1) is 11.3. The molecule has 1 amide bonds. The highest BCUT2D eigenvalue weighted by Gasteiger charge is 2.20. The fourth-order valence-electron chi connectivity index (χ4n) is 1.70. The van der Waals surface area contributed by atoms with Gasteiger partial charge in [0.05, 0.1) is 0 Å². The summed E-state index contributed by atoms with van der Waals surface area (Å²) in [6, 6.07) is -0.0807. The number of ether oxygens (including phenoxy) is 1. The molecule has 0 aromatic rings. The molecule has 3 N–H and O–H groups in total. The summed E-state index contributed by atoms with van der Waals surface area (Å²) in [7, 11) is 1.54. The number of nitrogens with two attached hydrogens (primary N) is 1. The van der Waals surface area contributed by atoms with E-state index in [1.807, 2.05) is 0 Å². The summed E-state index contributed by atoms with van der Waals surface area (Å²) in [5.41, 5.74) is 5.83. The monoisotopic (exact) mass is 202 g/mol. The van der Waals surface area contributed by atoms with E-state index in [0.717, 1.165) is 26.1 Å². The minimum atomic E-state index is -0.928. The molecule has 0 spiro atoms. The third-order valence-electron chi connectivity index (χ3n) is 2.49. The van der Waals surface area contributed by atoms with Gasteiger partial charge in [-0.2, -0.15) is 0 Å². The van der Waals surface area contributed by atoms with E-state index < -0.39 is 6.09 Å². The van der Waals surface area contributed by atoms with E-state index >= 15 is 0 Å². The first-order valence-corrected chi connectivity index (χ1v) is 4.87. The maximum absolute atomic E-state index is 10.5. The highest BCUT2D eigenvalue weighted by atomic mass is 16.5. The van der Waals surface area contributed by atoms with Gasteiger partial charge in [0.2, 0.25) is 0 Å². The summed E-state index contributed by atoms with van der Waals surface area (Å²) in [6.45, 7) is 1.97. The van der Waals surface area contributed by atoms with Crippen molar-refractivity contribution >= 4 is 6.09 Å². The summed E-state index contributed by atoms with van der Waals surface area (Å²) < 4.78 is 5.22. The van der Waals surface area contributed by atoms with Crippen molar-refractivity contribution in [2.45, 2.75) is 18.9 Å². The summed E-state index contributed by atoms with van der Waals surface area (Å²) in [4.78, 5) is 11.7. The zero-order valence-electron chi connectivity index (χ0n) is 8.48. The van der Waals surface area contributed by atoms with Crippen LogP contribution in [0.2, 0.25) is 0 Å². The molecule has 1 rings (SSSR count). The van der Waals surface area contributed by atoms with Crippen LogP contribution >= 0.6 is 0 Å². The van der Waals surface area contributed by atoms with Crippen molar-refractivity contribution in [3.63, 3.8) is 0 Å². The lowest BCUT2D eigenvalue weighted by Gasteiger charge is -2.20. The molecule has 2 atom stereocenters. The minimum Gasteiger partial charge on any atom is -0.465 e. The van der Waals surface area contributed by atoms with Gasteiger partial charge < -0.3 is 20.5 Å². The number of nitrogens with zero attached hydrogens (tertiary/aromatic N) is 1. The predicted molar refractivity (Wildman–Crippen MR) is 52.2 cm³/mol. The van der Waals surface area contributed by atoms with Crippen LogP contribution in [-0.2, 0) is 4.74 Å². The molecule has 1 saturated heterocycles. The normalized spacial score (nSPS) is 23.4. The van der Waals surface area contributed by atoms with E-state index in [9.17, 15) is 4.79 Å². The van der Waals surface area contributed by atoms with Gasteiger partial charge in [-0.3, -0.25) is 0 Å². The molecular formula is C9H18N2O3. The molecule has 0 aromatic heterocycles. The smallest absolute Gasteiger partial charge is 0.407 e. The van der Waals surface area contributed by atoms with E-state index in [2.05, 4.69) is 0 Å². The number of hydrogen-bond acceptors (Lipinski definition) is 3. The van der Waals surface area contributed by atoms with Gasteiger partial charge in [-0.25, -0.2) is 4.79 Å². The molecule has 1 fully saturated rings. The zero-order chi connectivity index (χ0) is 10.6. The predicted octanol–water partition coefficient (Wildman–Crippen LogP) is 0.350.